The third-order valence-corrected chi connectivity index (χ3v) is 4.04. The number of carbonyl (C=O) groups is 1. The van der Waals surface area contributed by atoms with Gasteiger partial charge in [-0.3, -0.25) is 10.1 Å². The number of carboxylic acids is 1. The fourth-order valence-electron chi connectivity index (χ4n) is 2.44. The molecule has 2 atom stereocenters. The second-order valence-corrected chi connectivity index (χ2v) is 5.49. The van der Waals surface area contributed by atoms with Gasteiger partial charge < -0.3 is 10.0 Å². The van der Waals surface area contributed by atoms with Crippen LogP contribution in [0.2, 0.25) is 0 Å². The average Bonchev–Trinajstić information content (AvgIpc) is 2.70. The number of hydrogen-bond acceptors (Lipinski definition) is 4. The summed E-state index contributed by atoms with van der Waals surface area (Å²) in [5, 5.41) is 20.0. The zero-order valence-corrected chi connectivity index (χ0v) is 11.8. The Balaban J connectivity index is 2.36. The molecule has 102 valence electrons. The van der Waals surface area contributed by atoms with Crippen molar-refractivity contribution < 1.29 is 14.8 Å². The second kappa shape index (κ2) is 5.16. The molecule has 0 spiro atoms. The van der Waals surface area contributed by atoms with Crippen molar-refractivity contribution in [2.45, 2.75) is 19.4 Å². The number of carboxylic acid groups (broad SMARTS) is 1. The van der Waals surface area contributed by atoms with Crippen molar-refractivity contribution in [2.75, 3.05) is 11.4 Å². The van der Waals surface area contributed by atoms with Gasteiger partial charge in [-0.25, -0.2) is 4.79 Å². The Morgan fingerprint density at radius 1 is 1.58 bits per heavy atom. The quantitative estimate of drug-likeness (QED) is 0.681. The van der Waals surface area contributed by atoms with Crippen LogP contribution in [0, 0.1) is 16.0 Å². The standard InChI is InChI=1S/C12H13BrN2O4/c1-7-4-5-14(11(7)12(16)17)10-3-2-8(15(18)19)6-9(10)13/h2-3,6-7,11H,4-5H2,1H3,(H,16,17). The Hall–Kier alpha value is -1.63. The molecule has 2 rings (SSSR count). The van der Waals surface area contributed by atoms with E-state index in [4.69, 9.17) is 0 Å². The van der Waals surface area contributed by atoms with Gasteiger partial charge in [0, 0.05) is 23.2 Å². The van der Waals surface area contributed by atoms with E-state index in [0.717, 1.165) is 6.42 Å². The maximum atomic E-state index is 11.3. The molecular formula is C12H13BrN2O4. The van der Waals surface area contributed by atoms with Crippen LogP contribution in [-0.2, 0) is 4.79 Å². The highest BCUT2D eigenvalue weighted by Crippen LogP contribution is 2.36. The normalized spacial score (nSPS) is 22.5. The lowest BCUT2D eigenvalue weighted by Gasteiger charge is -2.26. The Morgan fingerprint density at radius 2 is 2.26 bits per heavy atom. The molecule has 0 saturated carbocycles. The number of non-ortho nitro benzene ring substituents is 1. The van der Waals surface area contributed by atoms with Gasteiger partial charge >= 0.3 is 5.97 Å². The van der Waals surface area contributed by atoms with Gasteiger partial charge in [0.25, 0.3) is 5.69 Å². The van der Waals surface area contributed by atoms with Gasteiger partial charge in [-0.2, -0.15) is 0 Å². The van der Waals surface area contributed by atoms with Crippen LogP contribution in [0.5, 0.6) is 0 Å². The summed E-state index contributed by atoms with van der Waals surface area (Å²) >= 11 is 3.28. The molecule has 1 saturated heterocycles. The van der Waals surface area contributed by atoms with E-state index in [9.17, 15) is 20.0 Å². The van der Waals surface area contributed by atoms with Crippen molar-refractivity contribution >= 4 is 33.3 Å². The number of nitro groups is 1. The zero-order valence-electron chi connectivity index (χ0n) is 10.2. The number of aliphatic carboxylic acids is 1. The molecule has 0 aliphatic carbocycles. The summed E-state index contributed by atoms with van der Waals surface area (Å²) in [6.45, 7) is 2.53. The van der Waals surface area contributed by atoms with Crippen LogP contribution >= 0.6 is 15.9 Å². The maximum Gasteiger partial charge on any atom is 0.326 e. The van der Waals surface area contributed by atoms with E-state index in [0.29, 0.717) is 16.7 Å². The minimum absolute atomic E-state index is 0.0188. The molecule has 0 bridgehead atoms. The molecule has 6 nitrogen and oxygen atoms in total. The summed E-state index contributed by atoms with van der Waals surface area (Å²) in [4.78, 5) is 23.3. The Bertz CT molecular complexity index is 534. The summed E-state index contributed by atoms with van der Waals surface area (Å²) in [7, 11) is 0. The lowest BCUT2D eigenvalue weighted by atomic mass is 10.0. The van der Waals surface area contributed by atoms with Gasteiger partial charge in [-0.05, 0) is 34.3 Å². The Morgan fingerprint density at radius 3 is 2.79 bits per heavy atom. The minimum Gasteiger partial charge on any atom is -0.480 e. The van der Waals surface area contributed by atoms with E-state index >= 15 is 0 Å². The van der Waals surface area contributed by atoms with E-state index in [2.05, 4.69) is 15.9 Å². The highest BCUT2D eigenvalue weighted by molar-refractivity contribution is 9.10. The number of anilines is 1. The van der Waals surface area contributed by atoms with Crippen molar-refractivity contribution in [3.63, 3.8) is 0 Å². The summed E-state index contributed by atoms with van der Waals surface area (Å²) in [5.41, 5.74) is 0.664. The van der Waals surface area contributed by atoms with Crippen LogP contribution in [-0.4, -0.2) is 28.6 Å². The largest absolute Gasteiger partial charge is 0.480 e. The van der Waals surface area contributed by atoms with E-state index in [-0.39, 0.29) is 11.6 Å². The first-order valence-corrected chi connectivity index (χ1v) is 6.64. The zero-order chi connectivity index (χ0) is 14.2. The van der Waals surface area contributed by atoms with Crippen LogP contribution < -0.4 is 4.90 Å². The molecule has 1 fully saturated rings. The van der Waals surface area contributed by atoms with Crippen molar-refractivity contribution in [3.05, 3.63) is 32.8 Å². The number of nitro benzene ring substituents is 1. The van der Waals surface area contributed by atoms with Gasteiger partial charge in [0.05, 0.1) is 10.6 Å². The van der Waals surface area contributed by atoms with Crippen LogP contribution in [0.25, 0.3) is 0 Å². The molecule has 7 heteroatoms. The van der Waals surface area contributed by atoms with Crippen molar-refractivity contribution in [1.82, 2.24) is 0 Å². The number of benzene rings is 1. The molecule has 1 aromatic rings. The third-order valence-electron chi connectivity index (χ3n) is 3.40. The molecular weight excluding hydrogens is 316 g/mol. The lowest BCUT2D eigenvalue weighted by Crippen LogP contribution is -2.39. The molecule has 0 radical (unpaired) electrons. The number of halogens is 1. The number of nitrogens with zero attached hydrogens (tertiary/aromatic N) is 2. The summed E-state index contributed by atoms with van der Waals surface area (Å²) in [5.74, 6) is -0.810. The van der Waals surface area contributed by atoms with Gasteiger partial charge in [0.15, 0.2) is 0 Å². The topological polar surface area (TPSA) is 83.7 Å². The third kappa shape index (κ3) is 2.56. The lowest BCUT2D eigenvalue weighted by molar-refractivity contribution is -0.384. The van der Waals surface area contributed by atoms with E-state index < -0.39 is 16.9 Å². The number of hydrogen-bond donors (Lipinski definition) is 1. The summed E-state index contributed by atoms with van der Waals surface area (Å²) in [6.07, 6.45) is 0.792. The van der Waals surface area contributed by atoms with Gasteiger partial charge in [0.2, 0.25) is 0 Å². The predicted molar refractivity (Wildman–Crippen MR) is 73.3 cm³/mol. The predicted octanol–water partition coefficient (Wildman–Crippen LogP) is 2.66. The Kier molecular flexibility index (Phi) is 3.75. The van der Waals surface area contributed by atoms with Crippen LogP contribution in [0.15, 0.2) is 22.7 Å². The van der Waals surface area contributed by atoms with Gasteiger partial charge in [0.1, 0.15) is 6.04 Å². The monoisotopic (exact) mass is 328 g/mol. The van der Waals surface area contributed by atoms with E-state index in [1.165, 1.54) is 12.1 Å². The molecule has 1 N–H and O–H groups in total. The van der Waals surface area contributed by atoms with Crippen LogP contribution in [0.3, 0.4) is 0 Å². The highest BCUT2D eigenvalue weighted by Gasteiger charge is 2.37. The smallest absolute Gasteiger partial charge is 0.326 e. The molecule has 0 aromatic heterocycles. The summed E-state index contributed by atoms with van der Waals surface area (Å²) < 4.78 is 0.544. The van der Waals surface area contributed by atoms with Crippen molar-refractivity contribution in [2.24, 2.45) is 5.92 Å². The minimum atomic E-state index is -0.866. The van der Waals surface area contributed by atoms with Gasteiger partial charge in [-0.1, -0.05) is 6.92 Å². The van der Waals surface area contributed by atoms with E-state index in [1.54, 1.807) is 11.0 Å². The highest BCUT2D eigenvalue weighted by atomic mass is 79.9. The van der Waals surface area contributed by atoms with Crippen molar-refractivity contribution in [3.8, 4) is 0 Å². The molecule has 19 heavy (non-hydrogen) atoms. The first-order valence-electron chi connectivity index (χ1n) is 5.85. The molecule has 1 heterocycles. The Labute approximate surface area is 118 Å². The molecule has 1 aliphatic rings. The van der Waals surface area contributed by atoms with Gasteiger partial charge in [-0.15, -0.1) is 0 Å². The summed E-state index contributed by atoms with van der Waals surface area (Å²) in [6, 6.07) is 3.80. The molecule has 1 aliphatic heterocycles. The van der Waals surface area contributed by atoms with E-state index in [1.807, 2.05) is 6.92 Å². The molecule has 0 amide bonds. The fourth-order valence-corrected chi connectivity index (χ4v) is 3.03. The molecule has 2 unspecified atom stereocenters. The van der Waals surface area contributed by atoms with Crippen LogP contribution in [0.1, 0.15) is 13.3 Å². The number of rotatable bonds is 3. The average molecular weight is 329 g/mol. The SMILES string of the molecule is CC1CCN(c2ccc([N+](=O)[O-])cc2Br)C1C(=O)O. The second-order valence-electron chi connectivity index (χ2n) is 4.64. The maximum absolute atomic E-state index is 11.3. The fraction of sp³-hybridized carbons (Fsp3) is 0.417. The first-order chi connectivity index (χ1) is 8.91. The molecule has 1 aromatic carbocycles. The van der Waals surface area contributed by atoms with Crippen LogP contribution in [0.4, 0.5) is 11.4 Å². The van der Waals surface area contributed by atoms with Crippen molar-refractivity contribution in [1.29, 1.82) is 0 Å². The first kappa shape index (κ1) is 13.8.